The molecule has 2 unspecified atom stereocenters. The summed E-state index contributed by atoms with van der Waals surface area (Å²) in [6, 6.07) is 9.01. The van der Waals surface area contributed by atoms with Gasteiger partial charge in [0, 0.05) is 54.4 Å². The first-order valence-electron chi connectivity index (χ1n) is 13.7. The lowest BCUT2D eigenvalue weighted by atomic mass is 10.0. The molecule has 2 amide bonds. The topological polar surface area (TPSA) is 115 Å². The van der Waals surface area contributed by atoms with Crippen LogP contribution in [0.25, 0.3) is 11.6 Å². The Morgan fingerprint density at radius 1 is 1.07 bits per heavy atom. The second-order valence-electron chi connectivity index (χ2n) is 11.2. The predicted molar refractivity (Wildman–Crippen MR) is 156 cm³/mol. The molecule has 4 heterocycles. The van der Waals surface area contributed by atoms with E-state index in [-0.39, 0.29) is 35.3 Å². The largest absolute Gasteiger partial charge is 0.358 e. The molecular formula is C30H32FN5O4S. The highest BCUT2D eigenvalue weighted by Gasteiger charge is 2.34. The molecule has 0 radical (unpaired) electrons. The summed E-state index contributed by atoms with van der Waals surface area (Å²) in [5.41, 5.74) is 4.99. The first-order chi connectivity index (χ1) is 19.4. The van der Waals surface area contributed by atoms with Crippen molar-refractivity contribution < 1.29 is 22.4 Å². The van der Waals surface area contributed by atoms with Crippen LogP contribution < -0.4 is 14.9 Å². The Morgan fingerprint density at radius 2 is 1.80 bits per heavy atom. The number of rotatable bonds is 4. The minimum Gasteiger partial charge on any atom is -0.358 e. The number of halogens is 1. The van der Waals surface area contributed by atoms with Gasteiger partial charge in [-0.1, -0.05) is 0 Å². The van der Waals surface area contributed by atoms with E-state index >= 15 is 0 Å². The molecule has 1 aromatic heterocycles. The summed E-state index contributed by atoms with van der Waals surface area (Å²) in [5, 5.41) is 6.25. The minimum atomic E-state index is -3.96. The van der Waals surface area contributed by atoms with Gasteiger partial charge in [0.05, 0.1) is 21.7 Å². The Labute approximate surface area is 238 Å². The zero-order valence-corrected chi connectivity index (χ0v) is 24.2. The molecule has 6 rings (SSSR count). The lowest BCUT2D eigenvalue weighted by molar-refractivity contribution is -0.110. The van der Waals surface area contributed by atoms with Gasteiger partial charge in [-0.2, -0.15) is 0 Å². The monoisotopic (exact) mass is 577 g/mol. The zero-order chi connectivity index (χ0) is 29.2. The SMILES string of the molecule is Cc1[nH]c(/C=C2\C(=O)Nc3ccc(S(=O)(=O)N4CCc5cc(F)ccc54)cc32)c(C)c1C(=O)N1CC(C)NC(C)C1. The highest BCUT2D eigenvalue weighted by molar-refractivity contribution is 7.92. The van der Waals surface area contributed by atoms with Crippen LogP contribution in [0.3, 0.4) is 0 Å². The van der Waals surface area contributed by atoms with E-state index in [0.29, 0.717) is 64.5 Å². The first-order valence-corrected chi connectivity index (χ1v) is 15.1. The van der Waals surface area contributed by atoms with Gasteiger partial charge in [-0.05, 0) is 87.7 Å². The molecule has 3 aliphatic rings. The summed E-state index contributed by atoms with van der Waals surface area (Å²) in [7, 11) is -3.96. The number of benzene rings is 2. The predicted octanol–water partition coefficient (Wildman–Crippen LogP) is 3.84. The van der Waals surface area contributed by atoms with Crippen molar-refractivity contribution in [2.24, 2.45) is 0 Å². The van der Waals surface area contributed by atoms with Gasteiger partial charge < -0.3 is 20.5 Å². The second-order valence-corrected chi connectivity index (χ2v) is 13.0. The molecule has 1 fully saturated rings. The summed E-state index contributed by atoms with van der Waals surface area (Å²) in [6.45, 7) is 9.21. The van der Waals surface area contributed by atoms with Crippen molar-refractivity contribution in [1.82, 2.24) is 15.2 Å². The summed E-state index contributed by atoms with van der Waals surface area (Å²) in [4.78, 5) is 31.7. The fourth-order valence-corrected chi connectivity index (χ4v) is 7.75. The minimum absolute atomic E-state index is 0.0352. The highest BCUT2D eigenvalue weighted by atomic mass is 32.2. The summed E-state index contributed by atoms with van der Waals surface area (Å²) in [5.74, 6) is -0.825. The van der Waals surface area contributed by atoms with E-state index in [4.69, 9.17) is 0 Å². The van der Waals surface area contributed by atoms with Gasteiger partial charge in [-0.15, -0.1) is 0 Å². The van der Waals surface area contributed by atoms with Gasteiger partial charge in [0.15, 0.2) is 0 Å². The number of piperazine rings is 1. The van der Waals surface area contributed by atoms with Crippen LogP contribution in [-0.4, -0.2) is 61.8 Å². The van der Waals surface area contributed by atoms with E-state index in [0.717, 1.165) is 5.56 Å². The average molecular weight is 578 g/mol. The number of anilines is 2. The Kier molecular flexibility index (Phi) is 6.54. The van der Waals surface area contributed by atoms with Gasteiger partial charge in [-0.25, -0.2) is 12.8 Å². The van der Waals surface area contributed by atoms with Crippen molar-refractivity contribution in [3.8, 4) is 0 Å². The van der Waals surface area contributed by atoms with Gasteiger partial charge in [0.25, 0.3) is 21.8 Å². The number of aromatic amines is 1. The number of sulfonamides is 1. The number of fused-ring (bicyclic) bond motifs is 2. The Hall–Kier alpha value is -3.96. The molecule has 3 aliphatic heterocycles. The molecule has 0 saturated carbocycles. The maximum absolute atomic E-state index is 13.7. The van der Waals surface area contributed by atoms with Crippen LogP contribution in [0.4, 0.5) is 15.8 Å². The lowest BCUT2D eigenvalue weighted by Gasteiger charge is -2.36. The normalized spacial score (nSPS) is 21.3. The quantitative estimate of drug-likeness (QED) is 0.408. The highest BCUT2D eigenvalue weighted by Crippen LogP contribution is 2.38. The van der Waals surface area contributed by atoms with E-state index < -0.39 is 15.8 Å². The molecular weight excluding hydrogens is 545 g/mol. The van der Waals surface area contributed by atoms with Crippen molar-refractivity contribution >= 4 is 44.9 Å². The van der Waals surface area contributed by atoms with Crippen molar-refractivity contribution in [1.29, 1.82) is 0 Å². The number of hydrogen-bond acceptors (Lipinski definition) is 5. The maximum atomic E-state index is 13.7. The molecule has 214 valence electrons. The van der Waals surface area contributed by atoms with E-state index in [1.54, 1.807) is 12.1 Å². The van der Waals surface area contributed by atoms with Gasteiger partial charge in [0.1, 0.15) is 5.82 Å². The molecule has 2 atom stereocenters. The lowest BCUT2D eigenvalue weighted by Crippen LogP contribution is -2.55. The van der Waals surface area contributed by atoms with Crippen molar-refractivity contribution in [2.45, 2.75) is 51.1 Å². The van der Waals surface area contributed by atoms with Crippen molar-refractivity contribution in [2.75, 3.05) is 29.3 Å². The Balaban J connectivity index is 1.34. The molecule has 11 heteroatoms. The van der Waals surface area contributed by atoms with Gasteiger partial charge >= 0.3 is 0 Å². The Morgan fingerprint density at radius 3 is 2.54 bits per heavy atom. The number of aryl methyl sites for hydroxylation is 1. The van der Waals surface area contributed by atoms with E-state index in [2.05, 4.69) is 29.5 Å². The summed E-state index contributed by atoms with van der Waals surface area (Å²) in [6.07, 6.45) is 2.09. The smallest absolute Gasteiger partial charge is 0.264 e. The molecule has 0 bridgehead atoms. The van der Waals surface area contributed by atoms with Crippen molar-refractivity contribution in [3.05, 3.63) is 75.9 Å². The number of amides is 2. The first kappa shape index (κ1) is 27.2. The van der Waals surface area contributed by atoms with E-state index in [9.17, 15) is 22.4 Å². The zero-order valence-electron chi connectivity index (χ0n) is 23.3. The van der Waals surface area contributed by atoms with Crippen LogP contribution in [0, 0.1) is 19.7 Å². The van der Waals surface area contributed by atoms with Gasteiger partial charge in [-0.3, -0.25) is 13.9 Å². The number of carbonyl (C=O) groups excluding carboxylic acids is 2. The molecule has 41 heavy (non-hydrogen) atoms. The molecule has 9 nitrogen and oxygen atoms in total. The molecule has 1 saturated heterocycles. The Bertz CT molecular complexity index is 1740. The number of nitrogens with one attached hydrogen (secondary N) is 3. The van der Waals surface area contributed by atoms with Crippen LogP contribution in [0.1, 0.15) is 52.3 Å². The van der Waals surface area contributed by atoms with Crippen LogP contribution in [0.15, 0.2) is 41.3 Å². The summed E-state index contributed by atoms with van der Waals surface area (Å²) >= 11 is 0. The van der Waals surface area contributed by atoms with E-state index in [1.165, 1.54) is 34.6 Å². The maximum Gasteiger partial charge on any atom is 0.264 e. The average Bonchev–Trinajstić information content (AvgIpc) is 3.56. The van der Waals surface area contributed by atoms with Crippen molar-refractivity contribution in [3.63, 3.8) is 0 Å². The third-order valence-corrected chi connectivity index (χ3v) is 9.89. The summed E-state index contributed by atoms with van der Waals surface area (Å²) < 4.78 is 42.3. The van der Waals surface area contributed by atoms with Crippen LogP contribution in [0.2, 0.25) is 0 Å². The fourth-order valence-electron chi connectivity index (χ4n) is 6.22. The third kappa shape index (κ3) is 4.62. The number of nitrogens with zero attached hydrogens (tertiary/aromatic N) is 2. The van der Waals surface area contributed by atoms with Crippen LogP contribution >= 0.6 is 0 Å². The fraction of sp³-hybridized carbons (Fsp3) is 0.333. The molecule has 3 aromatic rings. The molecule has 0 spiro atoms. The van der Waals surface area contributed by atoms with Crippen LogP contribution in [0.5, 0.6) is 0 Å². The number of aromatic nitrogens is 1. The number of carbonyl (C=O) groups is 2. The van der Waals surface area contributed by atoms with E-state index in [1.807, 2.05) is 18.7 Å². The number of H-pyrrole nitrogens is 1. The molecule has 0 aliphatic carbocycles. The standard InChI is InChI=1S/C30H32FN5O4S/c1-16-14-35(15-17(2)32-16)30(38)28-18(3)26(33-19(28)4)13-24-23-12-22(6-7-25(23)34-29(24)37)41(39,40)36-10-9-20-11-21(31)5-8-27(20)36/h5-8,11-13,16-17,32-33H,9-10,14-15H2,1-4H3,(H,34,37)/b24-13-. The molecule has 3 N–H and O–H groups in total. The van der Waals surface area contributed by atoms with Crippen LogP contribution in [-0.2, 0) is 21.2 Å². The third-order valence-electron chi connectivity index (χ3n) is 8.08. The molecule has 2 aromatic carbocycles. The van der Waals surface area contributed by atoms with Gasteiger partial charge in [0.2, 0.25) is 0 Å². The number of hydrogen-bond donors (Lipinski definition) is 3. The second kappa shape index (κ2) is 9.85.